The van der Waals surface area contributed by atoms with Crippen LogP contribution in [0.4, 0.5) is 0 Å². The normalized spacial score (nSPS) is 12.7. The number of hydrogen-bond donors (Lipinski definition) is 0. The van der Waals surface area contributed by atoms with Gasteiger partial charge in [-0.3, -0.25) is 0 Å². The first kappa shape index (κ1) is 25.9. The Morgan fingerprint density at radius 3 is 0.846 bits per heavy atom. The smallest absolute Gasteiger partial charge is 0.381 e. The van der Waals surface area contributed by atoms with Gasteiger partial charge < -0.3 is 4.74 Å². The van der Waals surface area contributed by atoms with Crippen molar-refractivity contribution in [3.63, 3.8) is 0 Å². The van der Waals surface area contributed by atoms with Gasteiger partial charge in [-0.2, -0.15) is 55.6 Å². The standard InChI is InChI=1S/2C10H15.C4H8O.Ca/c2*1-6-7(2)9(4)10(5)8(6)3;1-2-4-5-3-1;/h2*1-5H3;1-4H2;/q2*-1;;+2. The molecule has 0 aromatic heterocycles. The van der Waals surface area contributed by atoms with Gasteiger partial charge in [0.15, 0.2) is 0 Å². The first-order valence-corrected chi connectivity index (χ1v) is 9.58. The molecular formula is C24H38CaO. The summed E-state index contributed by atoms with van der Waals surface area (Å²) in [7, 11) is 0. The Labute approximate surface area is 192 Å². The second kappa shape index (κ2) is 11.7. The molecule has 0 bridgehead atoms. The second-order valence-corrected chi connectivity index (χ2v) is 7.57. The summed E-state index contributed by atoms with van der Waals surface area (Å²) in [6, 6.07) is 0. The number of rotatable bonds is 0. The zero-order valence-corrected chi connectivity index (χ0v) is 21.2. The summed E-state index contributed by atoms with van der Waals surface area (Å²) in [6.45, 7) is 24.0. The minimum absolute atomic E-state index is 0. The zero-order valence-electron chi connectivity index (χ0n) is 18.9. The van der Waals surface area contributed by atoms with Crippen LogP contribution < -0.4 is 0 Å². The summed E-state index contributed by atoms with van der Waals surface area (Å²) in [5.41, 5.74) is 14.7. The Kier molecular flexibility index (Phi) is 11.7. The van der Waals surface area contributed by atoms with Gasteiger partial charge in [-0.1, -0.05) is 69.2 Å². The molecule has 1 aliphatic heterocycles. The molecule has 1 saturated heterocycles. The third-order valence-corrected chi connectivity index (χ3v) is 6.45. The third-order valence-electron chi connectivity index (χ3n) is 6.45. The van der Waals surface area contributed by atoms with Gasteiger partial charge in [0.05, 0.1) is 0 Å². The average Bonchev–Trinajstić information content (AvgIpc) is 3.29. The fourth-order valence-electron chi connectivity index (χ4n) is 3.32. The third kappa shape index (κ3) is 6.23. The minimum atomic E-state index is 0. The van der Waals surface area contributed by atoms with Crippen LogP contribution in [0.15, 0.2) is 0 Å². The van der Waals surface area contributed by atoms with Crippen LogP contribution in [0.5, 0.6) is 0 Å². The van der Waals surface area contributed by atoms with E-state index in [9.17, 15) is 0 Å². The molecule has 0 radical (unpaired) electrons. The van der Waals surface area contributed by atoms with Crippen LogP contribution >= 0.6 is 0 Å². The van der Waals surface area contributed by atoms with E-state index < -0.39 is 0 Å². The molecule has 0 aliphatic carbocycles. The maximum absolute atomic E-state index is 4.94. The predicted octanol–water partition coefficient (Wildman–Crippen LogP) is 6.31. The van der Waals surface area contributed by atoms with E-state index in [1.54, 1.807) is 0 Å². The summed E-state index contributed by atoms with van der Waals surface area (Å²) >= 11 is 0. The monoisotopic (exact) mass is 382 g/mol. The van der Waals surface area contributed by atoms with Gasteiger partial charge in [-0.05, 0) is 12.8 Å². The first-order valence-electron chi connectivity index (χ1n) is 9.58. The van der Waals surface area contributed by atoms with Crippen LogP contribution in [0.1, 0.15) is 68.5 Å². The maximum atomic E-state index is 4.94. The van der Waals surface area contributed by atoms with Crippen molar-refractivity contribution in [1.82, 2.24) is 0 Å². The number of ether oxygens (including phenoxy) is 1. The molecular weight excluding hydrogens is 344 g/mol. The van der Waals surface area contributed by atoms with Gasteiger partial charge in [0.25, 0.3) is 0 Å². The van der Waals surface area contributed by atoms with Crippen molar-refractivity contribution < 1.29 is 4.74 Å². The topological polar surface area (TPSA) is 9.23 Å². The Morgan fingerprint density at radius 2 is 0.769 bits per heavy atom. The molecule has 1 fully saturated rings. The maximum Gasteiger partial charge on any atom is 2.00 e. The molecule has 26 heavy (non-hydrogen) atoms. The van der Waals surface area contributed by atoms with Gasteiger partial charge in [0, 0.05) is 13.2 Å². The van der Waals surface area contributed by atoms with Crippen molar-refractivity contribution in [1.29, 1.82) is 0 Å². The average molecular weight is 383 g/mol. The molecule has 2 aromatic carbocycles. The quantitative estimate of drug-likeness (QED) is 0.383. The minimum Gasteiger partial charge on any atom is -0.381 e. The molecule has 2 aromatic rings. The van der Waals surface area contributed by atoms with Crippen LogP contribution in [-0.2, 0) is 4.74 Å². The van der Waals surface area contributed by atoms with E-state index in [1.165, 1.54) is 68.5 Å². The zero-order chi connectivity index (χ0) is 19.3. The summed E-state index contributed by atoms with van der Waals surface area (Å²) < 4.78 is 4.94. The molecule has 0 N–H and O–H groups in total. The van der Waals surface area contributed by atoms with E-state index in [4.69, 9.17) is 4.74 Å². The second-order valence-electron chi connectivity index (χ2n) is 7.57. The van der Waals surface area contributed by atoms with E-state index in [2.05, 4.69) is 69.2 Å². The molecule has 0 amide bonds. The predicted molar refractivity (Wildman–Crippen MR) is 117 cm³/mol. The molecule has 0 spiro atoms. The van der Waals surface area contributed by atoms with Gasteiger partial charge >= 0.3 is 37.7 Å². The SMILES string of the molecule is C1CCOC1.Cc1c(C)c(C)[c-](C)c1C.Cc1c(C)c(C)[c-](C)c1C.[Ca+2]. The van der Waals surface area contributed by atoms with E-state index in [1.807, 2.05) is 0 Å². The fourth-order valence-corrected chi connectivity index (χ4v) is 3.32. The molecule has 1 aliphatic rings. The van der Waals surface area contributed by atoms with E-state index in [-0.39, 0.29) is 37.7 Å². The van der Waals surface area contributed by atoms with Gasteiger partial charge in [-0.15, -0.1) is 0 Å². The first-order chi connectivity index (χ1) is 11.6. The van der Waals surface area contributed by atoms with Gasteiger partial charge in [0.2, 0.25) is 0 Å². The molecule has 1 heterocycles. The Balaban J connectivity index is 0.000000372. The van der Waals surface area contributed by atoms with Crippen LogP contribution in [0, 0.1) is 69.2 Å². The van der Waals surface area contributed by atoms with Crippen LogP contribution in [0.2, 0.25) is 0 Å². The van der Waals surface area contributed by atoms with Crippen molar-refractivity contribution in [2.24, 2.45) is 0 Å². The van der Waals surface area contributed by atoms with E-state index in [0.717, 1.165) is 13.2 Å². The van der Waals surface area contributed by atoms with E-state index in [0.29, 0.717) is 0 Å². The molecule has 1 nitrogen and oxygen atoms in total. The van der Waals surface area contributed by atoms with Crippen LogP contribution in [0.3, 0.4) is 0 Å². The van der Waals surface area contributed by atoms with Crippen LogP contribution in [-0.4, -0.2) is 51.0 Å². The van der Waals surface area contributed by atoms with Gasteiger partial charge in [-0.25, -0.2) is 0 Å². The van der Waals surface area contributed by atoms with E-state index >= 15 is 0 Å². The molecule has 0 unspecified atom stereocenters. The summed E-state index contributed by atoms with van der Waals surface area (Å²) in [4.78, 5) is 0. The largest absolute Gasteiger partial charge is 2.00 e. The summed E-state index contributed by atoms with van der Waals surface area (Å²) in [5.74, 6) is 0. The molecule has 0 atom stereocenters. The Morgan fingerprint density at radius 1 is 0.538 bits per heavy atom. The molecule has 0 saturated carbocycles. The Hall–Kier alpha value is -0.0803. The van der Waals surface area contributed by atoms with Gasteiger partial charge in [0.1, 0.15) is 0 Å². The molecule has 2 heteroatoms. The van der Waals surface area contributed by atoms with Crippen molar-refractivity contribution in [2.45, 2.75) is 82.1 Å². The molecule has 142 valence electrons. The van der Waals surface area contributed by atoms with Crippen molar-refractivity contribution in [2.75, 3.05) is 13.2 Å². The number of hydrogen-bond acceptors (Lipinski definition) is 1. The van der Waals surface area contributed by atoms with Crippen molar-refractivity contribution in [3.05, 3.63) is 55.6 Å². The fraction of sp³-hybridized carbons (Fsp3) is 0.583. The van der Waals surface area contributed by atoms with Crippen molar-refractivity contribution >= 4 is 37.7 Å². The van der Waals surface area contributed by atoms with Crippen LogP contribution in [0.25, 0.3) is 0 Å². The molecule has 3 rings (SSSR count). The summed E-state index contributed by atoms with van der Waals surface area (Å²) in [6.07, 6.45) is 2.56. The van der Waals surface area contributed by atoms with Crippen molar-refractivity contribution in [3.8, 4) is 0 Å². The summed E-state index contributed by atoms with van der Waals surface area (Å²) in [5, 5.41) is 0. The Bertz CT molecular complexity index is 472.